The molecule has 0 saturated heterocycles. The van der Waals surface area contributed by atoms with Crippen LogP contribution in [0.4, 0.5) is 13.2 Å². The molecule has 6 heteroatoms. The summed E-state index contributed by atoms with van der Waals surface area (Å²) >= 11 is 0. The van der Waals surface area contributed by atoms with E-state index in [2.05, 4.69) is 4.98 Å². The minimum Gasteiger partial charge on any atom is -0.322 e. The number of nitrogens with zero attached hydrogens (tertiary/aromatic N) is 2. The summed E-state index contributed by atoms with van der Waals surface area (Å²) in [5.74, 6) is -3.41. The lowest BCUT2D eigenvalue weighted by molar-refractivity contribution is -0.127. The van der Waals surface area contributed by atoms with Gasteiger partial charge in [0.05, 0.1) is 24.3 Å². The van der Waals surface area contributed by atoms with Crippen LogP contribution >= 0.6 is 0 Å². The van der Waals surface area contributed by atoms with E-state index in [0.717, 1.165) is 11.3 Å². The van der Waals surface area contributed by atoms with Crippen LogP contribution in [0.1, 0.15) is 43.7 Å². The van der Waals surface area contributed by atoms with Crippen molar-refractivity contribution in [2.24, 2.45) is 5.92 Å². The Morgan fingerprint density at radius 2 is 2.04 bits per heavy atom. The maximum Gasteiger partial charge on any atom is 0.248 e. The zero-order chi connectivity index (χ0) is 16.9. The molecule has 1 saturated carbocycles. The van der Waals surface area contributed by atoms with Crippen LogP contribution in [0.5, 0.6) is 0 Å². The van der Waals surface area contributed by atoms with E-state index in [1.54, 1.807) is 18.6 Å². The number of alkyl halides is 2. The fourth-order valence-electron chi connectivity index (χ4n) is 3.92. The van der Waals surface area contributed by atoms with E-state index in [1.807, 2.05) is 10.6 Å². The molecule has 1 atom stereocenters. The van der Waals surface area contributed by atoms with Crippen LogP contribution in [-0.2, 0) is 4.79 Å². The topological polar surface area (TPSA) is 34.9 Å². The molecule has 0 bridgehead atoms. The number of ketones is 1. The van der Waals surface area contributed by atoms with Gasteiger partial charge in [-0.2, -0.15) is 0 Å². The number of carbonyl (C=O) groups is 1. The van der Waals surface area contributed by atoms with Crippen LogP contribution < -0.4 is 0 Å². The SMILES string of the molecule is O=C(CC1c2c(F)cccc2-c2cncn21)C1CCC(F)(F)CC1. The minimum absolute atomic E-state index is 0.0637. The molecule has 24 heavy (non-hydrogen) atoms. The third-order valence-electron chi connectivity index (χ3n) is 5.23. The highest BCUT2D eigenvalue weighted by Gasteiger charge is 2.39. The molecular weight excluding hydrogens is 317 g/mol. The Kier molecular flexibility index (Phi) is 3.51. The van der Waals surface area contributed by atoms with E-state index in [4.69, 9.17) is 0 Å². The zero-order valence-corrected chi connectivity index (χ0v) is 13.0. The maximum atomic E-state index is 14.3. The molecule has 1 unspecified atom stereocenters. The Hall–Kier alpha value is -2.11. The van der Waals surface area contributed by atoms with Crippen molar-refractivity contribution in [2.45, 2.75) is 44.1 Å². The summed E-state index contributed by atoms with van der Waals surface area (Å²) in [6.45, 7) is 0. The second kappa shape index (κ2) is 5.46. The lowest BCUT2D eigenvalue weighted by Crippen LogP contribution is -2.29. The Bertz CT molecular complexity index is 789. The zero-order valence-electron chi connectivity index (χ0n) is 13.0. The summed E-state index contributed by atoms with van der Waals surface area (Å²) in [5, 5.41) is 0. The average molecular weight is 334 g/mol. The van der Waals surface area contributed by atoms with Crippen molar-refractivity contribution >= 4 is 5.78 Å². The summed E-state index contributed by atoms with van der Waals surface area (Å²) in [6, 6.07) is 4.40. The monoisotopic (exact) mass is 334 g/mol. The number of hydrogen-bond donors (Lipinski definition) is 0. The standard InChI is InChI=1S/C18H17F3N2O/c19-13-3-1-2-12-15-9-22-10-23(15)14(17(12)13)8-16(24)11-4-6-18(20,21)7-5-11/h1-3,9-11,14H,4-8H2. The normalized spacial score (nSPS) is 22.2. The number of halogens is 3. The summed E-state index contributed by atoms with van der Waals surface area (Å²) in [7, 11) is 0. The van der Waals surface area contributed by atoms with Crippen molar-refractivity contribution in [2.75, 3.05) is 0 Å². The van der Waals surface area contributed by atoms with Crippen LogP contribution in [-0.4, -0.2) is 21.3 Å². The molecule has 2 aliphatic rings. The number of rotatable bonds is 3. The number of hydrogen-bond acceptors (Lipinski definition) is 2. The van der Waals surface area contributed by atoms with Crippen LogP contribution in [0.3, 0.4) is 0 Å². The first-order valence-electron chi connectivity index (χ1n) is 8.17. The smallest absolute Gasteiger partial charge is 0.248 e. The third kappa shape index (κ3) is 2.44. The Morgan fingerprint density at radius 3 is 2.79 bits per heavy atom. The largest absolute Gasteiger partial charge is 0.322 e. The van der Waals surface area contributed by atoms with Crippen molar-refractivity contribution in [3.8, 4) is 11.3 Å². The summed E-state index contributed by atoms with van der Waals surface area (Å²) in [5.41, 5.74) is 2.04. The molecule has 2 heterocycles. The van der Waals surface area contributed by atoms with Crippen LogP contribution in [0.15, 0.2) is 30.7 Å². The molecule has 1 aliphatic carbocycles. The van der Waals surface area contributed by atoms with Crippen LogP contribution in [0.25, 0.3) is 11.3 Å². The van der Waals surface area contributed by atoms with E-state index >= 15 is 0 Å². The number of fused-ring (bicyclic) bond motifs is 3. The van der Waals surface area contributed by atoms with E-state index in [1.165, 1.54) is 6.07 Å². The number of imidazole rings is 1. The quantitative estimate of drug-likeness (QED) is 0.835. The van der Waals surface area contributed by atoms with Gasteiger partial charge < -0.3 is 4.57 Å². The van der Waals surface area contributed by atoms with Gasteiger partial charge in [0.15, 0.2) is 0 Å². The van der Waals surface area contributed by atoms with Crippen LogP contribution in [0.2, 0.25) is 0 Å². The fraction of sp³-hybridized carbons (Fsp3) is 0.444. The second-order valence-electron chi connectivity index (χ2n) is 6.70. The van der Waals surface area contributed by atoms with Gasteiger partial charge in [-0.15, -0.1) is 0 Å². The molecule has 0 amide bonds. The van der Waals surface area contributed by atoms with Crippen molar-refractivity contribution in [3.05, 3.63) is 42.1 Å². The molecule has 2 aromatic rings. The first-order chi connectivity index (χ1) is 11.5. The van der Waals surface area contributed by atoms with Gasteiger partial charge in [0.2, 0.25) is 5.92 Å². The van der Waals surface area contributed by atoms with E-state index in [9.17, 15) is 18.0 Å². The van der Waals surface area contributed by atoms with Gasteiger partial charge in [-0.25, -0.2) is 18.2 Å². The summed E-state index contributed by atoms with van der Waals surface area (Å²) in [4.78, 5) is 16.7. The van der Waals surface area contributed by atoms with Gasteiger partial charge in [-0.1, -0.05) is 12.1 Å². The van der Waals surface area contributed by atoms with Crippen molar-refractivity contribution in [1.82, 2.24) is 9.55 Å². The van der Waals surface area contributed by atoms with Crippen LogP contribution in [0, 0.1) is 11.7 Å². The molecule has 1 aliphatic heterocycles. The van der Waals surface area contributed by atoms with Gasteiger partial charge in [0.25, 0.3) is 0 Å². The molecule has 0 radical (unpaired) electrons. The van der Waals surface area contributed by atoms with E-state index in [0.29, 0.717) is 5.56 Å². The molecule has 3 nitrogen and oxygen atoms in total. The Morgan fingerprint density at radius 1 is 1.29 bits per heavy atom. The number of aromatic nitrogens is 2. The molecule has 0 spiro atoms. The van der Waals surface area contributed by atoms with Gasteiger partial charge in [-0.05, 0) is 18.9 Å². The predicted octanol–water partition coefficient (Wildman–Crippen LogP) is 4.38. The number of Topliss-reactive ketones (excluding diaryl/α,β-unsaturated/α-hetero) is 1. The Balaban J connectivity index is 1.59. The van der Waals surface area contributed by atoms with E-state index < -0.39 is 12.0 Å². The first-order valence-corrected chi connectivity index (χ1v) is 8.17. The highest BCUT2D eigenvalue weighted by molar-refractivity contribution is 5.83. The fourth-order valence-corrected chi connectivity index (χ4v) is 3.92. The Labute approximate surface area is 137 Å². The van der Waals surface area contributed by atoms with E-state index in [-0.39, 0.29) is 49.6 Å². The highest BCUT2D eigenvalue weighted by Crippen LogP contribution is 2.44. The lowest BCUT2D eigenvalue weighted by Gasteiger charge is -2.28. The third-order valence-corrected chi connectivity index (χ3v) is 5.23. The second-order valence-corrected chi connectivity index (χ2v) is 6.70. The molecular formula is C18H17F3N2O. The molecule has 1 fully saturated rings. The summed E-state index contributed by atoms with van der Waals surface area (Å²) in [6.07, 6.45) is 3.31. The maximum absolute atomic E-state index is 14.3. The number of carbonyl (C=O) groups excluding carboxylic acids is 1. The lowest BCUT2D eigenvalue weighted by atomic mass is 9.82. The molecule has 126 valence electrons. The van der Waals surface area contributed by atoms with Crippen molar-refractivity contribution in [3.63, 3.8) is 0 Å². The molecule has 4 rings (SSSR count). The highest BCUT2D eigenvalue weighted by atomic mass is 19.3. The molecule has 1 aromatic heterocycles. The van der Waals surface area contributed by atoms with Crippen molar-refractivity contribution in [1.29, 1.82) is 0 Å². The number of benzene rings is 1. The molecule has 1 aromatic carbocycles. The summed E-state index contributed by atoms with van der Waals surface area (Å²) < 4.78 is 42.7. The molecule has 0 N–H and O–H groups in total. The predicted molar refractivity (Wildman–Crippen MR) is 82.3 cm³/mol. The van der Waals surface area contributed by atoms with Crippen molar-refractivity contribution < 1.29 is 18.0 Å². The minimum atomic E-state index is -2.65. The first kappa shape index (κ1) is 15.4. The van der Waals surface area contributed by atoms with Gasteiger partial charge >= 0.3 is 0 Å². The average Bonchev–Trinajstić information content (AvgIpc) is 3.11. The van der Waals surface area contributed by atoms with Gasteiger partial charge in [0.1, 0.15) is 11.6 Å². The van der Waals surface area contributed by atoms with Gasteiger partial charge in [0, 0.05) is 36.3 Å². The van der Waals surface area contributed by atoms with Gasteiger partial charge in [-0.3, -0.25) is 4.79 Å².